The Balaban J connectivity index is 1.69. The molecule has 0 spiro atoms. The van der Waals surface area contributed by atoms with Crippen LogP contribution in [0.4, 0.5) is 0 Å². The van der Waals surface area contributed by atoms with E-state index in [1.165, 1.54) is 23.7 Å². The summed E-state index contributed by atoms with van der Waals surface area (Å²) >= 11 is 1.47. The van der Waals surface area contributed by atoms with E-state index < -0.39 is 17.9 Å². The van der Waals surface area contributed by atoms with Crippen LogP contribution in [-0.4, -0.2) is 22.4 Å². The molecule has 1 unspecified atom stereocenters. The third-order valence-corrected chi connectivity index (χ3v) is 4.58. The van der Waals surface area contributed by atoms with Gasteiger partial charge in [0.15, 0.2) is 5.76 Å². The van der Waals surface area contributed by atoms with E-state index in [2.05, 4.69) is 15.8 Å². The van der Waals surface area contributed by atoms with Crippen LogP contribution >= 0.6 is 11.3 Å². The quantitative estimate of drug-likeness (QED) is 0.704. The van der Waals surface area contributed by atoms with Gasteiger partial charge in [-0.2, -0.15) is 0 Å². The second-order valence-corrected chi connectivity index (χ2v) is 6.18. The number of carbonyl (C=O) groups is 2. The van der Waals surface area contributed by atoms with Gasteiger partial charge in [-0.1, -0.05) is 23.5 Å². The molecular weight excluding hydrogens is 328 g/mol. The first-order valence-corrected chi connectivity index (χ1v) is 8.10. The molecule has 0 aliphatic rings. The molecule has 0 radical (unpaired) electrons. The Morgan fingerprint density at radius 2 is 2.04 bits per heavy atom. The van der Waals surface area contributed by atoms with Crippen LogP contribution in [0.25, 0.3) is 10.2 Å². The van der Waals surface area contributed by atoms with E-state index >= 15 is 0 Å². The highest BCUT2D eigenvalue weighted by Gasteiger charge is 2.17. The topological polar surface area (TPSA) is 88.6 Å². The van der Waals surface area contributed by atoms with Crippen LogP contribution in [0, 0.1) is 0 Å². The standard InChI is InChI=1S/C16H16N4O3S/c1-10(17-15(22)12-7-5-9-23-12)14(21)18-19-16-20(2)11-6-3-4-8-13(11)24-16/h3-10H,1-2H3,(H,17,22)(H,18,21)/b19-16-. The van der Waals surface area contributed by atoms with Crippen LogP contribution in [0.2, 0.25) is 0 Å². The number of hydrogen-bond acceptors (Lipinski definition) is 5. The van der Waals surface area contributed by atoms with Crippen molar-refractivity contribution in [3.63, 3.8) is 0 Å². The van der Waals surface area contributed by atoms with Gasteiger partial charge >= 0.3 is 0 Å². The number of hydrogen-bond donors (Lipinski definition) is 2. The molecule has 0 fully saturated rings. The zero-order valence-electron chi connectivity index (χ0n) is 13.1. The maximum atomic E-state index is 12.1. The number of rotatable bonds is 4. The van der Waals surface area contributed by atoms with Gasteiger partial charge in [-0.3, -0.25) is 9.59 Å². The predicted molar refractivity (Wildman–Crippen MR) is 90.1 cm³/mol. The summed E-state index contributed by atoms with van der Waals surface area (Å²) in [4.78, 5) is 24.6. The number of nitrogens with one attached hydrogen (secondary N) is 2. The zero-order chi connectivity index (χ0) is 17.1. The molecule has 24 heavy (non-hydrogen) atoms. The zero-order valence-corrected chi connectivity index (χ0v) is 14.0. The SMILES string of the molecule is CC(NC(=O)c1ccco1)C(=O)N/N=c1\sc2ccccc2n1C. The largest absolute Gasteiger partial charge is 0.459 e. The van der Waals surface area contributed by atoms with Crippen LogP contribution in [0.3, 0.4) is 0 Å². The summed E-state index contributed by atoms with van der Waals surface area (Å²) in [6, 6.07) is 10.3. The maximum Gasteiger partial charge on any atom is 0.287 e. The lowest BCUT2D eigenvalue weighted by molar-refractivity contribution is -0.122. The predicted octanol–water partition coefficient (Wildman–Crippen LogP) is 1.58. The Kier molecular flexibility index (Phi) is 4.48. The van der Waals surface area contributed by atoms with Crippen LogP contribution in [-0.2, 0) is 11.8 Å². The minimum atomic E-state index is -0.744. The second-order valence-electron chi connectivity index (χ2n) is 5.17. The van der Waals surface area contributed by atoms with Gasteiger partial charge in [0, 0.05) is 7.05 Å². The smallest absolute Gasteiger partial charge is 0.287 e. The van der Waals surface area contributed by atoms with Gasteiger partial charge in [-0.15, -0.1) is 5.10 Å². The number of amides is 2. The lowest BCUT2D eigenvalue weighted by Gasteiger charge is -2.10. The van der Waals surface area contributed by atoms with Crippen LogP contribution in [0.1, 0.15) is 17.5 Å². The first kappa shape index (κ1) is 16.0. The Morgan fingerprint density at radius 1 is 1.25 bits per heavy atom. The van der Waals surface area contributed by atoms with Gasteiger partial charge in [0.2, 0.25) is 4.80 Å². The Bertz CT molecular complexity index is 940. The van der Waals surface area contributed by atoms with Gasteiger partial charge in [0.1, 0.15) is 6.04 Å². The van der Waals surface area contributed by atoms with E-state index in [1.54, 1.807) is 13.0 Å². The van der Waals surface area contributed by atoms with Crippen LogP contribution in [0.5, 0.6) is 0 Å². The third-order valence-electron chi connectivity index (χ3n) is 3.46. The number of thiazole rings is 1. The van der Waals surface area contributed by atoms with Crippen LogP contribution in [0.15, 0.2) is 52.2 Å². The lowest BCUT2D eigenvalue weighted by atomic mass is 10.3. The van der Waals surface area contributed by atoms with Crippen molar-refractivity contribution in [3.05, 3.63) is 53.2 Å². The van der Waals surface area contributed by atoms with Crippen molar-refractivity contribution in [1.82, 2.24) is 15.3 Å². The van der Waals surface area contributed by atoms with Crippen molar-refractivity contribution in [2.45, 2.75) is 13.0 Å². The van der Waals surface area contributed by atoms with E-state index in [-0.39, 0.29) is 5.76 Å². The molecule has 8 heteroatoms. The lowest BCUT2D eigenvalue weighted by Crippen LogP contribution is -2.43. The van der Waals surface area contributed by atoms with E-state index in [9.17, 15) is 9.59 Å². The number of aromatic nitrogens is 1. The van der Waals surface area contributed by atoms with Crippen molar-refractivity contribution >= 4 is 33.4 Å². The third kappa shape index (κ3) is 3.23. The molecule has 2 heterocycles. The highest BCUT2D eigenvalue weighted by molar-refractivity contribution is 7.16. The number of nitrogens with zero attached hydrogens (tertiary/aromatic N) is 2. The molecule has 2 aromatic heterocycles. The van der Waals surface area contributed by atoms with Crippen molar-refractivity contribution < 1.29 is 14.0 Å². The number of para-hydroxylation sites is 1. The van der Waals surface area contributed by atoms with E-state index in [4.69, 9.17) is 4.42 Å². The number of carbonyl (C=O) groups excluding carboxylic acids is 2. The molecule has 3 aromatic rings. The van der Waals surface area contributed by atoms with E-state index in [0.717, 1.165) is 10.2 Å². The minimum Gasteiger partial charge on any atom is -0.459 e. The van der Waals surface area contributed by atoms with Crippen molar-refractivity contribution in [1.29, 1.82) is 0 Å². The average Bonchev–Trinajstić information content (AvgIpc) is 3.21. The molecule has 0 aliphatic carbocycles. The molecule has 2 N–H and O–H groups in total. The molecule has 0 saturated heterocycles. The van der Waals surface area contributed by atoms with E-state index in [1.807, 2.05) is 35.9 Å². The fourth-order valence-corrected chi connectivity index (χ4v) is 3.11. The average molecular weight is 344 g/mol. The van der Waals surface area contributed by atoms with Crippen molar-refractivity contribution in [2.24, 2.45) is 12.1 Å². The second kappa shape index (κ2) is 6.71. The fourth-order valence-electron chi connectivity index (χ4n) is 2.13. The summed E-state index contributed by atoms with van der Waals surface area (Å²) in [6.07, 6.45) is 1.40. The minimum absolute atomic E-state index is 0.155. The summed E-state index contributed by atoms with van der Waals surface area (Å²) in [7, 11) is 1.88. The number of furan rings is 1. The molecule has 7 nitrogen and oxygen atoms in total. The first-order valence-electron chi connectivity index (χ1n) is 7.29. The molecule has 1 atom stereocenters. The molecule has 0 bridgehead atoms. The highest BCUT2D eigenvalue weighted by Crippen LogP contribution is 2.14. The number of benzene rings is 1. The molecule has 0 saturated carbocycles. The molecule has 2 amide bonds. The summed E-state index contributed by atoms with van der Waals surface area (Å²) in [5, 5.41) is 6.69. The van der Waals surface area contributed by atoms with Crippen molar-refractivity contribution in [3.8, 4) is 0 Å². The molecule has 0 aliphatic heterocycles. The number of fused-ring (bicyclic) bond motifs is 1. The molecule has 124 valence electrons. The summed E-state index contributed by atoms with van der Waals surface area (Å²) in [6.45, 7) is 1.58. The molecular formula is C16H16N4O3S. The molecule has 1 aromatic carbocycles. The summed E-state index contributed by atoms with van der Waals surface area (Å²) in [5.41, 5.74) is 3.52. The fraction of sp³-hybridized carbons (Fsp3) is 0.188. The maximum absolute atomic E-state index is 12.1. The Hall–Kier alpha value is -2.87. The summed E-state index contributed by atoms with van der Waals surface area (Å²) in [5.74, 6) is -0.704. The van der Waals surface area contributed by atoms with Crippen LogP contribution < -0.4 is 15.5 Å². The number of aryl methyl sites for hydroxylation is 1. The Labute approximate surface area is 141 Å². The van der Waals surface area contributed by atoms with E-state index in [0.29, 0.717) is 4.80 Å². The summed E-state index contributed by atoms with van der Waals surface area (Å²) < 4.78 is 7.96. The molecule has 3 rings (SSSR count). The Morgan fingerprint density at radius 3 is 2.75 bits per heavy atom. The van der Waals surface area contributed by atoms with Gasteiger partial charge in [0.25, 0.3) is 11.8 Å². The monoisotopic (exact) mass is 344 g/mol. The van der Waals surface area contributed by atoms with Gasteiger partial charge in [-0.25, -0.2) is 5.43 Å². The first-order chi connectivity index (χ1) is 11.6. The highest BCUT2D eigenvalue weighted by atomic mass is 32.1. The van der Waals surface area contributed by atoms with Gasteiger partial charge in [-0.05, 0) is 31.2 Å². The normalized spacial score (nSPS) is 13.0. The van der Waals surface area contributed by atoms with Gasteiger partial charge in [0.05, 0.1) is 16.5 Å². The van der Waals surface area contributed by atoms with Gasteiger partial charge < -0.3 is 14.3 Å². The van der Waals surface area contributed by atoms with Crippen molar-refractivity contribution in [2.75, 3.05) is 0 Å².